The van der Waals surface area contributed by atoms with Gasteiger partial charge in [0.05, 0.1) is 19.1 Å². The Morgan fingerprint density at radius 2 is 2.17 bits per heavy atom. The minimum Gasteiger partial charge on any atom is -0.467 e. The molecule has 3 rings (SSSR count). The van der Waals surface area contributed by atoms with Crippen molar-refractivity contribution in [3.63, 3.8) is 0 Å². The lowest BCUT2D eigenvalue weighted by atomic mass is 9.95. The van der Waals surface area contributed by atoms with Crippen LogP contribution < -0.4 is 5.32 Å². The van der Waals surface area contributed by atoms with E-state index in [2.05, 4.69) is 15.3 Å². The van der Waals surface area contributed by atoms with E-state index in [1.54, 1.807) is 29.4 Å². The van der Waals surface area contributed by atoms with E-state index in [1.165, 1.54) is 7.11 Å². The first-order valence-corrected chi connectivity index (χ1v) is 10.2. The highest BCUT2D eigenvalue weighted by Gasteiger charge is 2.37. The number of nitrogens with one attached hydrogen (secondary N) is 2. The van der Waals surface area contributed by atoms with Crippen molar-refractivity contribution in [1.82, 2.24) is 20.2 Å². The van der Waals surface area contributed by atoms with E-state index in [1.807, 2.05) is 13.8 Å². The van der Waals surface area contributed by atoms with Crippen LogP contribution in [0.15, 0.2) is 24.5 Å². The van der Waals surface area contributed by atoms with Crippen LogP contribution in [0.2, 0.25) is 10.0 Å². The fourth-order valence-electron chi connectivity index (χ4n) is 3.55. The van der Waals surface area contributed by atoms with Crippen LogP contribution in [0.5, 0.6) is 0 Å². The highest BCUT2D eigenvalue weighted by atomic mass is 35.5. The van der Waals surface area contributed by atoms with Gasteiger partial charge in [-0.1, -0.05) is 49.5 Å². The van der Waals surface area contributed by atoms with Crippen LogP contribution in [-0.2, 0) is 16.0 Å². The Bertz CT molecular complexity index is 902. The van der Waals surface area contributed by atoms with Crippen LogP contribution in [0, 0.1) is 5.92 Å². The average molecular weight is 439 g/mol. The number of aromatic nitrogens is 2. The van der Waals surface area contributed by atoms with Crippen molar-refractivity contribution < 1.29 is 14.3 Å². The molecule has 1 aromatic heterocycles. The molecule has 156 valence electrons. The normalized spacial score (nSPS) is 18.0. The maximum Gasteiger partial charge on any atom is 0.328 e. The number of imidazole rings is 1. The number of hydrogen-bond donors (Lipinski definition) is 2. The van der Waals surface area contributed by atoms with Crippen molar-refractivity contribution in [2.45, 2.75) is 38.8 Å². The Labute approximate surface area is 179 Å². The van der Waals surface area contributed by atoms with E-state index in [0.717, 1.165) is 23.4 Å². The van der Waals surface area contributed by atoms with Gasteiger partial charge in [-0.25, -0.2) is 14.6 Å². The zero-order valence-electron chi connectivity index (χ0n) is 16.5. The number of rotatable bonds is 5. The molecule has 0 saturated carbocycles. The van der Waals surface area contributed by atoms with Crippen molar-refractivity contribution >= 4 is 35.2 Å². The summed E-state index contributed by atoms with van der Waals surface area (Å²) < 4.78 is 4.89. The van der Waals surface area contributed by atoms with E-state index < -0.39 is 18.1 Å². The summed E-state index contributed by atoms with van der Waals surface area (Å²) in [5.74, 6) is -0.541. The van der Waals surface area contributed by atoms with Gasteiger partial charge < -0.3 is 19.9 Å². The number of nitrogens with zero attached hydrogens (tertiary/aromatic N) is 2. The van der Waals surface area contributed by atoms with Gasteiger partial charge in [-0.15, -0.1) is 0 Å². The second kappa shape index (κ2) is 9.05. The summed E-state index contributed by atoms with van der Waals surface area (Å²) in [7, 11) is 1.32. The first kappa shape index (κ1) is 21.5. The largest absolute Gasteiger partial charge is 0.467 e. The Hall–Kier alpha value is -2.25. The van der Waals surface area contributed by atoms with Crippen LogP contribution in [0.4, 0.5) is 4.79 Å². The monoisotopic (exact) mass is 438 g/mol. The Morgan fingerprint density at radius 3 is 2.83 bits per heavy atom. The van der Waals surface area contributed by atoms with Crippen molar-refractivity contribution in [3.8, 4) is 0 Å². The molecule has 0 saturated heterocycles. The third-order valence-electron chi connectivity index (χ3n) is 5.39. The molecular weight excluding hydrogens is 415 g/mol. The van der Waals surface area contributed by atoms with Crippen LogP contribution in [0.3, 0.4) is 0 Å². The number of carbonyl (C=O) groups excluding carboxylic acids is 2. The van der Waals surface area contributed by atoms with Gasteiger partial charge in [-0.2, -0.15) is 0 Å². The molecule has 3 atom stereocenters. The second-order valence-electron chi connectivity index (χ2n) is 7.11. The lowest BCUT2D eigenvalue weighted by molar-refractivity contribution is -0.144. The third-order valence-corrected chi connectivity index (χ3v) is 5.95. The lowest BCUT2D eigenvalue weighted by Gasteiger charge is -2.37. The number of carbonyl (C=O) groups is 2. The molecule has 1 aliphatic rings. The van der Waals surface area contributed by atoms with Crippen LogP contribution >= 0.6 is 23.2 Å². The molecule has 0 fully saturated rings. The number of hydrogen-bond acceptors (Lipinski definition) is 4. The molecule has 0 aliphatic carbocycles. The smallest absolute Gasteiger partial charge is 0.328 e. The maximum atomic E-state index is 13.2. The quantitative estimate of drug-likeness (QED) is 0.691. The number of methoxy groups -OCH3 is 1. The summed E-state index contributed by atoms with van der Waals surface area (Å²) in [5.41, 5.74) is 2.41. The number of esters is 1. The van der Waals surface area contributed by atoms with Gasteiger partial charge in [0.2, 0.25) is 0 Å². The first-order chi connectivity index (χ1) is 13.9. The van der Waals surface area contributed by atoms with Crippen LogP contribution in [0.1, 0.15) is 43.3 Å². The zero-order chi connectivity index (χ0) is 21.1. The number of amides is 2. The third kappa shape index (κ3) is 4.36. The molecule has 2 heterocycles. The van der Waals surface area contributed by atoms with Gasteiger partial charge in [-0.05, 0) is 23.6 Å². The van der Waals surface area contributed by atoms with E-state index in [9.17, 15) is 9.59 Å². The SMILES string of the molecule is CC[C@@H](C)[C@H](NC(=O)N1CCc2[nH]cnc2[C@H]1c1ccc(Cl)cc1Cl)C(=O)OC. The molecule has 2 amide bonds. The molecule has 0 radical (unpaired) electrons. The fraction of sp³-hybridized carbons (Fsp3) is 0.450. The molecule has 0 bridgehead atoms. The van der Waals surface area contributed by atoms with E-state index >= 15 is 0 Å². The number of ether oxygens (including phenoxy) is 1. The van der Waals surface area contributed by atoms with Crippen molar-refractivity contribution in [2.24, 2.45) is 5.92 Å². The van der Waals surface area contributed by atoms with Gasteiger partial charge in [0.1, 0.15) is 12.1 Å². The van der Waals surface area contributed by atoms with Gasteiger partial charge in [-0.3, -0.25) is 0 Å². The van der Waals surface area contributed by atoms with Gasteiger partial charge in [0.25, 0.3) is 0 Å². The molecule has 7 nitrogen and oxygen atoms in total. The standard InChI is InChI=1S/C20H24Cl2N4O3/c1-4-11(2)16(19(27)29-3)25-20(28)26-8-7-15-17(24-10-23-15)18(26)13-6-5-12(21)9-14(13)22/h5-6,9-11,16,18H,4,7-8H2,1-3H3,(H,23,24)(H,25,28)/t11-,16+,18-/m1/s1. The Kier molecular flexibility index (Phi) is 6.70. The summed E-state index contributed by atoms with van der Waals surface area (Å²) in [6, 6.07) is 3.57. The molecular formula is C20H24Cl2N4O3. The predicted octanol–water partition coefficient (Wildman–Crippen LogP) is 3.96. The lowest BCUT2D eigenvalue weighted by Crippen LogP contribution is -2.53. The summed E-state index contributed by atoms with van der Waals surface area (Å²) in [4.78, 5) is 34.7. The minimum absolute atomic E-state index is 0.0743. The number of aromatic amines is 1. The summed E-state index contributed by atoms with van der Waals surface area (Å²) >= 11 is 12.5. The van der Waals surface area contributed by atoms with Crippen molar-refractivity contribution in [3.05, 3.63) is 51.5 Å². The molecule has 9 heteroatoms. The van der Waals surface area contributed by atoms with Crippen LogP contribution in [-0.4, -0.2) is 46.6 Å². The molecule has 1 aliphatic heterocycles. The molecule has 0 spiro atoms. The molecule has 2 aromatic rings. The summed E-state index contributed by atoms with van der Waals surface area (Å²) in [6.07, 6.45) is 2.95. The Balaban J connectivity index is 1.96. The zero-order valence-corrected chi connectivity index (χ0v) is 18.0. The molecule has 29 heavy (non-hydrogen) atoms. The summed E-state index contributed by atoms with van der Waals surface area (Å²) in [5, 5.41) is 3.80. The summed E-state index contributed by atoms with van der Waals surface area (Å²) in [6.45, 7) is 4.30. The van der Waals surface area contributed by atoms with E-state index in [-0.39, 0.29) is 11.9 Å². The van der Waals surface area contributed by atoms with E-state index in [0.29, 0.717) is 23.0 Å². The number of H-pyrrole nitrogens is 1. The second-order valence-corrected chi connectivity index (χ2v) is 7.96. The highest BCUT2D eigenvalue weighted by Crippen LogP contribution is 2.37. The van der Waals surface area contributed by atoms with Gasteiger partial charge in [0, 0.05) is 28.7 Å². The van der Waals surface area contributed by atoms with Crippen molar-refractivity contribution in [1.29, 1.82) is 0 Å². The number of benzene rings is 1. The molecule has 0 unspecified atom stereocenters. The maximum absolute atomic E-state index is 13.2. The molecule has 2 N–H and O–H groups in total. The predicted molar refractivity (Wildman–Crippen MR) is 111 cm³/mol. The number of urea groups is 1. The molecule has 1 aromatic carbocycles. The van der Waals surface area contributed by atoms with Crippen molar-refractivity contribution in [2.75, 3.05) is 13.7 Å². The average Bonchev–Trinajstić information content (AvgIpc) is 3.19. The number of fused-ring (bicyclic) bond motifs is 1. The Morgan fingerprint density at radius 1 is 1.41 bits per heavy atom. The van der Waals surface area contributed by atoms with Crippen LogP contribution in [0.25, 0.3) is 0 Å². The van der Waals surface area contributed by atoms with Gasteiger partial charge in [0.15, 0.2) is 0 Å². The number of halogens is 2. The highest BCUT2D eigenvalue weighted by molar-refractivity contribution is 6.35. The van der Waals surface area contributed by atoms with E-state index in [4.69, 9.17) is 27.9 Å². The first-order valence-electron chi connectivity index (χ1n) is 9.49. The van der Waals surface area contributed by atoms with Gasteiger partial charge >= 0.3 is 12.0 Å². The topological polar surface area (TPSA) is 87.3 Å². The fourth-order valence-corrected chi connectivity index (χ4v) is 4.06. The minimum atomic E-state index is -0.737.